The van der Waals surface area contributed by atoms with Gasteiger partial charge in [0.1, 0.15) is 12.1 Å². The Morgan fingerprint density at radius 1 is 1.26 bits per heavy atom. The van der Waals surface area contributed by atoms with E-state index in [1.54, 1.807) is 22.2 Å². The molecule has 0 spiro atoms. The van der Waals surface area contributed by atoms with E-state index < -0.39 is 0 Å². The van der Waals surface area contributed by atoms with Gasteiger partial charge in [0, 0.05) is 24.5 Å². The van der Waals surface area contributed by atoms with Crippen molar-refractivity contribution < 1.29 is 4.79 Å². The van der Waals surface area contributed by atoms with Crippen molar-refractivity contribution in [2.75, 3.05) is 18.0 Å². The van der Waals surface area contributed by atoms with Gasteiger partial charge in [-0.1, -0.05) is 6.07 Å². The van der Waals surface area contributed by atoms with Crippen molar-refractivity contribution in [2.24, 2.45) is 0 Å². The van der Waals surface area contributed by atoms with Crippen LogP contribution in [0.5, 0.6) is 0 Å². The number of thiophene rings is 1. The van der Waals surface area contributed by atoms with Gasteiger partial charge in [-0.3, -0.25) is 4.79 Å². The lowest BCUT2D eigenvalue weighted by Crippen LogP contribution is -2.37. The average molecular weight is 397 g/mol. The van der Waals surface area contributed by atoms with Crippen LogP contribution in [0.25, 0.3) is 16.2 Å². The number of thiazole rings is 1. The fourth-order valence-electron chi connectivity index (χ4n) is 3.14. The van der Waals surface area contributed by atoms with E-state index in [0.717, 1.165) is 35.9 Å². The van der Waals surface area contributed by atoms with Crippen LogP contribution in [0.2, 0.25) is 0 Å². The Morgan fingerprint density at radius 3 is 3.11 bits per heavy atom. The summed E-state index contributed by atoms with van der Waals surface area (Å²) in [6, 6.07) is 7.89. The van der Waals surface area contributed by atoms with Crippen molar-refractivity contribution >= 4 is 40.0 Å². The van der Waals surface area contributed by atoms with Crippen LogP contribution in [0, 0.1) is 0 Å². The molecule has 8 nitrogen and oxygen atoms in total. The highest BCUT2D eigenvalue weighted by atomic mass is 32.1. The third-order valence-corrected chi connectivity index (χ3v) is 6.20. The van der Waals surface area contributed by atoms with Crippen molar-refractivity contribution in [2.45, 2.75) is 12.5 Å². The third kappa shape index (κ3) is 3.17. The zero-order valence-electron chi connectivity index (χ0n) is 14.1. The smallest absolute Gasteiger partial charge is 0.280 e. The topological polar surface area (TPSA) is 88.3 Å². The molecule has 4 aromatic rings. The first-order valence-corrected chi connectivity index (χ1v) is 10.2. The number of hydrogen-bond acceptors (Lipinski definition) is 8. The summed E-state index contributed by atoms with van der Waals surface area (Å²) in [4.78, 5) is 20.3. The quantitative estimate of drug-likeness (QED) is 0.569. The van der Waals surface area contributed by atoms with Gasteiger partial charge in [-0.05, 0) is 30.0 Å². The lowest BCUT2D eigenvalue weighted by molar-refractivity contribution is 0.0940. The number of carbonyl (C=O) groups is 1. The fourth-order valence-corrected chi connectivity index (χ4v) is 4.62. The SMILES string of the molecule is O=C(N[C@H]1CCN(c2ccc3nncn3n2)C1)c1nc(-c2cccs2)cs1. The number of nitrogens with zero attached hydrogens (tertiary/aromatic N) is 6. The lowest BCUT2D eigenvalue weighted by atomic mass is 10.2. The molecular weight excluding hydrogens is 382 g/mol. The number of hydrogen-bond donors (Lipinski definition) is 1. The van der Waals surface area contributed by atoms with Gasteiger partial charge in [0.05, 0.1) is 10.6 Å². The van der Waals surface area contributed by atoms with Crippen molar-refractivity contribution in [3.05, 3.63) is 46.4 Å². The molecule has 1 N–H and O–H groups in total. The Bertz CT molecular complexity index is 1090. The summed E-state index contributed by atoms with van der Waals surface area (Å²) in [5.74, 6) is 0.741. The van der Waals surface area contributed by atoms with Gasteiger partial charge >= 0.3 is 0 Å². The molecular formula is C17H15N7OS2. The molecule has 1 fully saturated rings. The van der Waals surface area contributed by atoms with Gasteiger partial charge < -0.3 is 10.2 Å². The van der Waals surface area contributed by atoms with E-state index in [0.29, 0.717) is 10.7 Å². The number of rotatable bonds is 4. The molecule has 0 radical (unpaired) electrons. The second-order valence-corrected chi connectivity index (χ2v) is 8.05. The van der Waals surface area contributed by atoms with E-state index in [1.165, 1.54) is 11.3 Å². The van der Waals surface area contributed by atoms with Gasteiger partial charge in [0.15, 0.2) is 10.7 Å². The summed E-state index contributed by atoms with van der Waals surface area (Å²) in [5, 5.41) is 19.9. The molecule has 1 saturated heterocycles. The Balaban J connectivity index is 1.25. The minimum Gasteiger partial charge on any atom is -0.353 e. The Hall–Kier alpha value is -2.85. The van der Waals surface area contributed by atoms with Crippen molar-refractivity contribution in [3.8, 4) is 10.6 Å². The number of amides is 1. The van der Waals surface area contributed by atoms with Crippen LogP contribution < -0.4 is 10.2 Å². The molecule has 1 atom stereocenters. The van der Waals surface area contributed by atoms with Gasteiger partial charge in [0.25, 0.3) is 5.91 Å². The van der Waals surface area contributed by atoms with E-state index in [1.807, 2.05) is 35.0 Å². The van der Waals surface area contributed by atoms with Gasteiger partial charge in [-0.2, -0.15) is 4.52 Å². The molecule has 0 aliphatic carbocycles. The second kappa shape index (κ2) is 6.71. The van der Waals surface area contributed by atoms with Crippen molar-refractivity contribution in [3.63, 3.8) is 0 Å². The Morgan fingerprint density at radius 2 is 2.22 bits per heavy atom. The molecule has 4 aromatic heterocycles. The maximum absolute atomic E-state index is 12.6. The molecule has 1 aliphatic heterocycles. The van der Waals surface area contributed by atoms with E-state index in [-0.39, 0.29) is 11.9 Å². The second-order valence-electron chi connectivity index (χ2n) is 6.25. The zero-order valence-corrected chi connectivity index (χ0v) is 15.8. The van der Waals surface area contributed by atoms with Gasteiger partial charge in [-0.15, -0.1) is 38.0 Å². The number of nitrogens with one attached hydrogen (secondary N) is 1. The highest BCUT2D eigenvalue weighted by Gasteiger charge is 2.26. The summed E-state index contributed by atoms with van der Waals surface area (Å²) in [6.45, 7) is 1.55. The first kappa shape index (κ1) is 16.3. The summed E-state index contributed by atoms with van der Waals surface area (Å²) in [6.07, 6.45) is 2.46. The molecule has 10 heteroatoms. The molecule has 5 heterocycles. The van der Waals surface area contributed by atoms with E-state index >= 15 is 0 Å². The predicted octanol–water partition coefficient (Wildman–Crippen LogP) is 2.32. The molecule has 0 unspecified atom stereocenters. The fraction of sp³-hybridized carbons (Fsp3) is 0.235. The first-order chi connectivity index (χ1) is 13.3. The molecule has 27 heavy (non-hydrogen) atoms. The summed E-state index contributed by atoms with van der Waals surface area (Å²) in [5.41, 5.74) is 1.58. The third-order valence-electron chi connectivity index (χ3n) is 4.47. The van der Waals surface area contributed by atoms with Crippen molar-refractivity contribution in [1.29, 1.82) is 0 Å². The number of aromatic nitrogens is 5. The van der Waals surface area contributed by atoms with Crippen LogP contribution in [-0.2, 0) is 0 Å². The van der Waals surface area contributed by atoms with E-state index in [4.69, 9.17) is 0 Å². The minimum atomic E-state index is -0.114. The number of carbonyl (C=O) groups excluding carboxylic acids is 1. The predicted molar refractivity (Wildman–Crippen MR) is 104 cm³/mol. The average Bonchev–Trinajstić information content (AvgIpc) is 3.47. The van der Waals surface area contributed by atoms with Gasteiger partial charge in [-0.25, -0.2) is 4.98 Å². The first-order valence-electron chi connectivity index (χ1n) is 8.48. The van der Waals surface area contributed by atoms with Crippen LogP contribution in [0.3, 0.4) is 0 Å². The van der Waals surface area contributed by atoms with Crippen LogP contribution in [0.1, 0.15) is 16.2 Å². The van der Waals surface area contributed by atoms with Crippen molar-refractivity contribution in [1.82, 2.24) is 30.1 Å². The molecule has 0 saturated carbocycles. The largest absolute Gasteiger partial charge is 0.353 e. The van der Waals surface area contributed by atoms with Crippen LogP contribution >= 0.6 is 22.7 Å². The lowest BCUT2D eigenvalue weighted by Gasteiger charge is -2.17. The highest BCUT2D eigenvalue weighted by Crippen LogP contribution is 2.26. The molecule has 0 aromatic carbocycles. The Labute approximate surface area is 162 Å². The summed E-state index contributed by atoms with van der Waals surface area (Å²) < 4.78 is 1.66. The molecule has 0 bridgehead atoms. The summed E-state index contributed by atoms with van der Waals surface area (Å²) in [7, 11) is 0. The number of fused-ring (bicyclic) bond motifs is 1. The maximum Gasteiger partial charge on any atom is 0.280 e. The number of anilines is 1. The molecule has 136 valence electrons. The monoisotopic (exact) mass is 397 g/mol. The molecule has 1 amide bonds. The van der Waals surface area contributed by atoms with Crippen LogP contribution in [-0.4, -0.2) is 49.8 Å². The maximum atomic E-state index is 12.6. The molecule has 5 rings (SSSR count). The Kier molecular flexibility index (Phi) is 4.06. The molecule has 1 aliphatic rings. The highest BCUT2D eigenvalue weighted by molar-refractivity contribution is 7.15. The van der Waals surface area contributed by atoms with E-state index in [2.05, 4.69) is 30.5 Å². The summed E-state index contributed by atoms with van der Waals surface area (Å²) >= 11 is 3.00. The minimum absolute atomic E-state index is 0.0741. The van der Waals surface area contributed by atoms with Crippen LogP contribution in [0.4, 0.5) is 5.82 Å². The van der Waals surface area contributed by atoms with Gasteiger partial charge in [0.2, 0.25) is 0 Å². The normalized spacial score (nSPS) is 16.9. The van der Waals surface area contributed by atoms with Crippen LogP contribution in [0.15, 0.2) is 41.4 Å². The zero-order chi connectivity index (χ0) is 18.2. The van der Waals surface area contributed by atoms with E-state index in [9.17, 15) is 4.79 Å². The standard InChI is InChI=1S/C17H15N7OS2/c25-16(17-20-12(9-27-17)13-2-1-7-26-13)19-11-5-6-23(8-11)15-4-3-14-21-18-10-24(14)22-15/h1-4,7,9-11H,5-6,8H2,(H,19,25)/t11-/m0/s1.